The topological polar surface area (TPSA) is 114 Å². The van der Waals surface area contributed by atoms with Gasteiger partial charge < -0.3 is 24.2 Å². The fourth-order valence-electron chi connectivity index (χ4n) is 6.84. The monoisotopic (exact) mass is 696 g/mol. The summed E-state index contributed by atoms with van der Waals surface area (Å²) in [4.78, 5) is 41.2. The Bertz CT molecular complexity index is 1530. The van der Waals surface area contributed by atoms with Crippen molar-refractivity contribution in [1.29, 1.82) is 0 Å². The van der Waals surface area contributed by atoms with Crippen LogP contribution in [0, 0.1) is 5.92 Å². The van der Waals surface area contributed by atoms with Crippen molar-refractivity contribution in [3.8, 4) is 5.69 Å². The van der Waals surface area contributed by atoms with E-state index >= 15 is 0 Å². The van der Waals surface area contributed by atoms with Crippen LogP contribution in [0.15, 0.2) is 49.3 Å². The molecule has 1 unspecified atom stereocenters. The first kappa shape index (κ1) is 35.9. The molecule has 1 saturated heterocycles. The van der Waals surface area contributed by atoms with Crippen molar-refractivity contribution in [2.75, 3.05) is 4.90 Å². The SMILES string of the molecule is CC[C@@H]1CC(N(Cc2cc(C(F)(F)F)cc(C(F)(F)F)c2)c2ncc(-n3ccnc3)cn2)C[C@H](CC)N1C(=O)O[C@H]1CC[C@H](C(=O)O)CC1. The normalized spacial score (nSPS) is 23.3. The minimum atomic E-state index is -5.01. The van der Waals surface area contributed by atoms with Crippen LogP contribution in [0.25, 0.3) is 5.69 Å². The average Bonchev–Trinajstić information content (AvgIpc) is 3.61. The Balaban J connectivity index is 1.45. The van der Waals surface area contributed by atoms with E-state index in [2.05, 4.69) is 15.0 Å². The van der Waals surface area contributed by atoms with Crippen molar-refractivity contribution in [1.82, 2.24) is 24.4 Å². The Morgan fingerprint density at radius 2 is 1.49 bits per heavy atom. The molecule has 5 rings (SSSR count). The van der Waals surface area contributed by atoms with E-state index in [1.54, 1.807) is 26.8 Å². The van der Waals surface area contributed by atoms with E-state index in [1.807, 2.05) is 13.8 Å². The summed E-state index contributed by atoms with van der Waals surface area (Å²) in [5.74, 6) is -1.23. The van der Waals surface area contributed by atoms with Gasteiger partial charge in [-0.2, -0.15) is 26.3 Å². The largest absolute Gasteiger partial charge is 0.481 e. The molecule has 1 aromatic carbocycles. The number of benzene rings is 1. The second kappa shape index (κ2) is 14.6. The number of halogens is 6. The number of hydrogen-bond donors (Lipinski definition) is 1. The molecule has 266 valence electrons. The minimum Gasteiger partial charge on any atom is -0.481 e. The third kappa shape index (κ3) is 8.44. The molecule has 1 N–H and O–H groups in total. The van der Waals surface area contributed by atoms with E-state index in [9.17, 15) is 41.0 Å². The number of carbonyl (C=O) groups is 2. The number of carboxylic acids is 1. The zero-order valence-corrected chi connectivity index (χ0v) is 27.0. The average molecular weight is 697 g/mol. The number of ether oxygens (including phenoxy) is 1. The molecule has 3 aromatic rings. The predicted octanol–water partition coefficient (Wildman–Crippen LogP) is 7.51. The number of carboxylic acid groups (broad SMARTS) is 1. The highest BCUT2D eigenvalue weighted by Crippen LogP contribution is 2.38. The first-order valence-electron chi connectivity index (χ1n) is 16.2. The summed E-state index contributed by atoms with van der Waals surface area (Å²) in [6.45, 7) is 3.43. The van der Waals surface area contributed by atoms with Gasteiger partial charge in [0.05, 0.1) is 41.5 Å². The summed E-state index contributed by atoms with van der Waals surface area (Å²) in [5.41, 5.74) is -2.50. The number of likely N-dealkylation sites (tertiary alicyclic amines) is 1. The third-order valence-corrected chi connectivity index (χ3v) is 9.44. The summed E-state index contributed by atoms with van der Waals surface area (Å²) >= 11 is 0. The molecule has 10 nitrogen and oxygen atoms in total. The molecule has 1 saturated carbocycles. The Morgan fingerprint density at radius 3 is 1.96 bits per heavy atom. The zero-order valence-electron chi connectivity index (χ0n) is 27.0. The molecule has 1 aliphatic carbocycles. The molecule has 3 atom stereocenters. The number of piperidine rings is 1. The second-order valence-electron chi connectivity index (χ2n) is 12.6. The maximum absolute atomic E-state index is 13.8. The molecule has 16 heteroatoms. The van der Waals surface area contributed by atoms with Crippen LogP contribution < -0.4 is 4.90 Å². The summed E-state index contributed by atoms with van der Waals surface area (Å²) < 4.78 is 90.2. The van der Waals surface area contributed by atoms with Crippen LogP contribution in [0.4, 0.5) is 37.1 Å². The Hall–Kier alpha value is -4.37. The summed E-state index contributed by atoms with van der Waals surface area (Å²) in [6.07, 6.45) is 0.119. The van der Waals surface area contributed by atoms with E-state index in [1.165, 1.54) is 18.7 Å². The van der Waals surface area contributed by atoms with Crippen LogP contribution in [-0.2, 0) is 28.4 Å². The number of carbonyl (C=O) groups excluding carboxylic acids is 1. The second-order valence-corrected chi connectivity index (χ2v) is 12.6. The summed E-state index contributed by atoms with van der Waals surface area (Å²) in [5, 5.41) is 9.31. The maximum Gasteiger partial charge on any atom is 0.416 e. The van der Waals surface area contributed by atoms with Crippen molar-refractivity contribution in [2.24, 2.45) is 5.92 Å². The highest BCUT2D eigenvalue weighted by Gasteiger charge is 2.42. The number of nitrogens with zero attached hydrogens (tertiary/aromatic N) is 6. The van der Waals surface area contributed by atoms with Crippen molar-refractivity contribution in [3.63, 3.8) is 0 Å². The van der Waals surface area contributed by atoms with E-state index < -0.39 is 53.6 Å². The van der Waals surface area contributed by atoms with E-state index in [4.69, 9.17) is 4.74 Å². The van der Waals surface area contributed by atoms with Crippen molar-refractivity contribution in [2.45, 2.75) is 108 Å². The molecular formula is C33H38F6N6O4. The lowest BCUT2D eigenvalue weighted by Crippen LogP contribution is -2.57. The van der Waals surface area contributed by atoms with E-state index in [0.717, 1.165) is 0 Å². The molecule has 1 aliphatic heterocycles. The number of alkyl halides is 6. The molecular weight excluding hydrogens is 658 g/mol. The van der Waals surface area contributed by atoms with Crippen LogP contribution in [-0.4, -0.2) is 65.8 Å². The van der Waals surface area contributed by atoms with Gasteiger partial charge in [-0.3, -0.25) is 4.79 Å². The number of imidazole rings is 1. The van der Waals surface area contributed by atoms with Gasteiger partial charge in [-0.25, -0.2) is 19.7 Å². The van der Waals surface area contributed by atoms with Crippen molar-refractivity contribution < 1.29 is 45.8 Å². The van der Waals surface area contributed by atoms with Crippen LogP contribution in [0.1, 0.15) is 81.9 Å². The molecule has 2 fully saturated rings. The fourth-order valence-corrected chi connectivity index (χ4v) is 6.84. The van der Waals surface area contributed by atoms with Crippen LogP contribution >= 0.6 is 0 Å². The molecule has 2 aliphatic rings. The number of hydrogen-bond acceptors (Lipinski definition) is 7. The highest BCUT2D eigenvalue weighted by molar-refractivity contribution is 5.70. The quantitative estimate of drug-likeness (QED) is 0.229. The lowest BCUT2D eigenvalue weighted by molar-refractivity contribution is -0.144. The lowest BCUT2D eigenvalue weighted by atomic mass is 9.87. The van der Waals surface area contributed by atoms with E-state index in [-0.39, 0.29) is 36.2 Å². The number of aromatic nitrogens is 4. The standard InChI is InChI=1S/C33H38F6N6O4/c1-3-24-14-26(15-25(4-2)45(24)31(48)49-28-7-5-21(6-8-28)29(46)47)44(30-41-16-27(17-42-30)43-10-9-40-19-43)18-20-11-22(32(34,35)36)13-23(12-20)33(37,38)39/h9-13,16-17,19,21,24-26,28H,3-8,14-15,18H2,1-2H3,(H,46,47)/t21-,24-,25+,26?,28-. The highest BCUT2D eigenvalue weighted by atomic mass is 19.4. The van der Waals surface area contributed by atoms with Gasteiger partial charge >= 0.3 is 24.4 Å². The smallest absolute Gasteiger partial charge is 0.416 e. The minimum absolute atomic E-state index is 0.0999. The van der Waals surface area contributed by atoms with Gasteiger partial charge in [-0.1, -0.05) is 13.8 Å². The van der Waals surface area contributed by atoms with E-state index in [0.29, 0.717) is 69.2 Å². The first-order valence-corrected chi connectivity index (χ1v) is 16.2. The molecule has 0 bridgehead atoms. The van der Waals surface area contributed by atoms with Crippen LogP contribution in [0.3, 0.4) is 0 Å². The van der Waals surface area contributed by atoms with Gasteiger partial charge in [0.2, 0.25) is 5.95 Å². The van der Waals surface area contributed by atoms with Crippen molar-refractivity contribution >= 4 is 18.0 Å². The van der Waals surface area contributed by atoms with Gasteiger partial charge in [0.1, 0.15) is 6.10 Å². The molecule has 49 heavy (non-hydrogen) atoms. The molecule has 2 aromatic heterocycles. The molecule has 3 heterocycles. The first-order chi connectivity index (χ1) is 23.2. The van der Waals surface area contributed by atoms with Crippen LogP contribution in [0.2, 0.25) is 0 Å². The van der Waals surface area contributed by atoms with Gasteiger partial charge in [-0.05, 0) is 75.1 Å². The van der Waals surface area contributed by atoms with Gasteiger partial charge in [0.15, 0.2) is 0 Å². The molecule has 1 amide bonds. The van der Waals surface area contributed by atoms with Gasteiger partial charge in [0, 0.05) is 37.1 Å². The summed E-state index contributed by atoms with van der Waals surface area (Å²) in [6, 6.07) is 0.318. The lowest BCUT2D eigenvalue weighted by Gasteiger charge is -2.47. The molecule has 0 radical (unpaired) electrons. The number of anilines is 1. The predicted molar refractivity (Wildman–Crippen MR) is 165 cm³/mol. The van der Waals surface area contributed by atoms with Crippen LogP contribution in [0.5, 0.6) is 0 Å². The maximum atomic E-state index is 13.8. The van der Waals surface area contributed by atoms with Gasteiger partial charge in [-0.15, -0.1) is 0 Å². The Kier molecular flexibility index (Phi) is 10.7. The Morgan fingerprint density at radius 1 is 0.918 bits per heavy atom. The number of rotatable bonds is 9. The Labute approximate surface area is 279 Å². The number of amides is 1. The van der Waals surface area contributed by atoms with Crippen molar-refractivity contribution in [3.05, 3.63) is 66.0 Å². The third-order valence-electron chi connectivity index (χ3n) is 9.44. The summed E-state index contributed by atoms with van der Waals surface area (Å²) in [7, 11) is 0. The fraction of sp³-hybridized carbons (Fsp3) is 0.545. The van der Waals surface area contributed by atoms with Gasteiger partial charge in [0.25, 0.3) is 0 Å². The number of aliphatic carboxylic acids is 1. The zero-order chi connectivity index (χ0) is 35.5. The molecule has 0 spiro atoms.